The van der Waals surface area contributed by atoms with E-state index in [1.807, 2.05) is 0 Å². The van der Waals surface area contributed by atoms with Gasteiger partial charge < -0.3 is 0 Å². The van der Waals surface area contributed by atoms with Gasteiger partial charge in [-0.25, -0.2) is 0 Å². The molecule has 0 aromatic rings. The van der Waals surface area contributed by atoms with Gasteiger partial charge in [0.2, 0.25) is 0 Å². The lowest BCUT2D eigenvalue weighted by atomic mass is 9.85. The van der Waals surface area contributed by atoms with Crippen LogP contribution < -0.4 is 0 Å². The molecule has 1 heterocycles. The minimum atomic E-state index is -2.63. The minimum absolute atomic E-state index is 0.540. The van der Waals surface area contributed by atoms with Crippen LogP contribution in [0.2, 0.25) is 0 Å². The summed E-state index contributed by atoms with van der Waals surface area (Å²) in [4.78, 5) is 0.714. The predicted molar refractivity (Wildman–Crippen MR) is 58.9 cm³/mol. The van der Waals surface area contributed by atoms with E-state index in [1.165, 1.54) is 0 Å². The molecule has 1 heteroatoms. The van der Waals surface area contributed by atoms with E-state index in [4.69, 9.17) is 11.0 Å². The Kier molecular flexibility index (Phi) is 1.30. The number of rotatable bonds is 1. The van der Waals surface area contributed by atoms with Gasteiger partial charge in [-0.05, 0) is 58.3 Å². The Morgan fingerprint density at radius 3 is 2.00 bits per heavy atom. The zero-order chi connectivity index (χ0) is 17.2. The summed E-state index contributed by atoms with van der Waals surface area (Å²) in [6.07, 6.45) is -5.05. The molecule has 0 aromatic carbocycles. The molecule has 1 aliphatic rings. The zero-order valence-electron chi connectivity index (χ0n) is 17.1. The average molecular weight is 191 g/mol. The summed E-state index contributed by atoms with van der Waals surface area (Å²) < 4.78 is 65.6. The molecule has 0 unspecified atom stereocenters. The maximum absolute atomic E-state index is 8.21. The first-order chi connectivity index (χ1) is 8.93. The van der Waals surface area contributed by atoms with E-state index in [1.54, 1.807) is 34.6 Å². The van der Waals surface area contributed by atoms with Crippen LogP contribution in [0, 0.1) is 11.8 Å². The highest BCUT2D eigenvalue weighted by molar-refractivity contribution is 4.82. The molecule has 0 N–H and O–H groups in total. The van der Waals surface area contributed by atoms with Crippen molar-refractivity contribution in [3.05, 3.63) is 0 Å². The SMILES string of the molecule is [2H]C1([2H])C(C(C)C)C([2H])([2H])C([2H])([2H])N(C(C)(C)C)C1([2H])[2H]. The molecule has 0 radical (unpaired) electrons. The van der Waals surface area contributed by atoms with Crippen molar-refractivity contribution in [2.75, 3.05) is 13.0 Å². The molecule has 1 fully saturated rings. The van der Waals surface area contributed by atoms with Crippen molar-refractivity contribution >= 4 is 0 Å². The highest BCUT2D eigenvalue weighted by Gasteiger charge is 2.27. The molecule has 1 nitrogen and oxygen atoms in total. The summed E-state index contributed by atoms with van der Waals surface area (Å²) in [6.45, 7) is 2.61. The van der Waals surface area contributed by atoms with Gasteiger partial charge in [0.1, 0.15) is 0 Å². The minimum Gasteiger partial charge on any atom is -0.298 e. The monoisotopic (exact) mass is 191 g/mol. The van der Waals surface area contributed by atoms with Gasteiger partial charge in [-0.2, -0.15) is 0 Å². The Morgan fingerprint density at radius 2 is 1.69 bits per heavy atom. The molecule has 0 amide bonds. The number of piperidine rings is 1. The largest absolute Gasteiger partial charge is 0.298 e. The number of nitrogens with zero attached hydrogens (tertiary/aromatic N) is 1. The number of likely N-dealkylation sites (tertiary alicyclic amines) is 1. The van der Waals surface area contributed by atoms with Crippen molar-refractivity contribution in [1.29, 1.82) is 0 Å². The van der Waals surface area contributed by atoms with Crippen molar-refractivity contribution in [1.82, 2.24) is 4.90 Å². The predicted octanol–water partition coefficient (Wildman–Crippen LogP) is 3.15. The van der Waals surface area contributed by atoms with Gasteiger partial charge in [0.15, 0.2) is 0 Å². The fourth-order valence-electron chi connectivity index (χ4n) is 1.00. The first-order valence-corrected chi connectivity index (χ1v) is 4.74. The van der Waals surface area contributed by atoms with E-state index >= 15 is 0 Å². The van der Waals surface area contributed by atoms with E-state index in [0.29, 0.717) is 4.90 Å². The maximum atomic E-state index is 8.21. The third kappa shape index (κ3) is 2.98. The average Bonchev–Trinajstić information content (AvgIpc) is 2.08. The summed E-state index contributed by atoms with van der Waals surface area (Å²) in [6, 6.07) is 0. The molecule has 0 aliphatic carbocycles. The fourth-order valence-corrected chi connectivity index (χ4v) is 1.00. The fraction of sp³-hybridized carbons (Fsp3) is 1.00. The number of hydrogen-bond acceptors (Lipinski definition) is 1. The maximum Gasteiger partial charge on any atom is 0.0431 e. The Labute approximate surface area is 94.7 Å². The van der Waals surface area contributed by atoms with E-state index in [-0.39, 0.29) is 0 Å². The van der Waals surface area contributed by atoms with Crippen LogP contribution >= 0.6 is 0 Å². The summed E-state index contributed by atoms with van der Waals surface area (Å²) in [5.41, 5.74) is -1.07. The molecule has 1 saturated heterocycles. The molecule has 0 spiro atoms. The standard InChI is InChI=1S/C12H25N/c1-10(2)11-6-8-13(9-7-11)12(3,4)5/h10-11H,6-9H2,1-5H3/i6D2,7D2,8D2,9D2. The van der Waals surface area contributed by atoms with E-state index in [0.717, 1.165) is 0 Å². The van der Waals surface area contributed by atoms with Gasteiger partial charge in [0.25, 0.3) is 0 Å². The first-order valence-electron chi connectivity index (χ1n) is 8.74. The second-order valence-electron chi connectivity index (χ2n) is 4.74. The lowest BCUT2D eigenvalue weighted by Gasteiger charge is -2.41. The molecule has 0 saturated carbocycles. The van der Waals surface area contributed by atoms with Gasteiger partial charge >= 0.3 is 0 Å². The Bertz CT molecular complexity index is 382. The third-order valence-corrected chi connectivity index (χ3v) is 2.00. The zero-order valence-corrected chi connectivity index (χ0v) is 9.10. The van der Waals surface area contributed by atoms with Crippen molar-refractivity contribution in [3.8, 4) is 0 Å². The Hall–Kier alpha value is -0.0400. The quantitative estimate of drug-likeness (QED) is 0.615. The van der Waals surface area contributed by atoms with Crippen molar-refractivity contribution in [2.45, 2.75) is 52.9 Å². The van der Waals surface area contributed by atoms with E-state index in [2.05, 4.69) is 0 Å². The summed E-state index contributed by atoms with van der Waals surface area (Å²) in [7, 11) is 0. The molecule has 0 atom stereocenters. The lowest BCUT2D eigenvalue weighted by molar-refractivity contribution is 0.0754. The topological polar surface area (TPSA) is 3.24 Å². The lowest BCUT2D eigenvalue weighted by Crippen LogP contribution is -2.46. The smallest absolute Gasteiger partial charge is 0.0431 e. The second-order valence-corrected chi connectivity index (χ2v) is 4.74. The molecule has 13 heavy (non-hydrogen) atoms. The van der Waals surface area contributed by atoms with Gasteiger partial charge in [-0.15, -0.1) is 0 Å². The van der Waals surface area contributed by atoms with Crippen molar-refractivity contribution in [2.24, 2.45) is 11.8 Å². The van der Waals surface area contributed by atoms with Crippen LogP contribution in [0.1, 0.15) is 58.3 Å². The molecule has 1 rings (SSSR count). The normalized spacial score (nSPS) is 47.2. The van der Waals surface area contributed by atoms with Crippen LogP contribution in [0.4, 0.5) is 0 Å². The first kappa shape index (κ1) is 4.22. The van der Waals surface area contributed by atoms with Crippen molar-refractivity contribution in [3.63, 3.8) is 0 Å². The molecular formula is C12H25N. The summed E-state index contributed by atoms with van der Waals surface area (Å²) in [5, 5.41) is 0. The van der Waals surface area contributed by atoms with Crippen molar-refractivity contribution < 1.29 is 11.0 Å². The Morgan fingerprint density at radius 1 is 1.23 bits per heavy atom. The van der Waals surface area contributed by atoms with E-state index < -0.39 is 43.1 Å². The van der Waals surface area contributed by atoms with Crippen LogP contribution in [0.3, 0.4) is 0 Å². The van der Waals surface area contributed by atoms with E-state index in [9.17, 15) is 0 Å². The summed E-state index contributed by atoms with van der Waals surface area (Å²) >= 11 is 0. The van der Waals surface area contributed by atoms with Crippen LogP contribution in [-0.4, -0.2) is 23.4 Å². The van der Waals surface area contributed by atoms with Crippen LogP contribution in [0.15, 0.2) is 0 Å². The number of hydrogen-bond donors (Lipinski definition) is 0. The third-order valence-electron chi connectivity index (χ3n) is 2.00. The molecule has 78 valence electrons. The highest BCUT2D eigenvalue weighted by Crippen LogP contribution is 2.27. The molecule has 0 aromatic heterocycles. The van der Waals surface area contributed by atoms with Gasteiger partial charge in [-0.1, -0.05) is 13.8 Å². The van der Waals surface area contributed by atoms with Gasteiger partial charge in [-0.3, -0.25) is 4.90 Å². The molecule has 0 bridgehead atoms. The Balaban J connectivity index is 3.69. The van der Waals surface area contributed by atoms with Crippen LogP contribution in [0.25, 0.3) is 0 Å². The van der Waals surface area contributed by atoms with Gasteiger partial charge in [0.05, 0.1) is 0 Å². The molecule has 1 aliphatic heterocycles. The second kappa shape index (κ2) is 4.00. The highest BCUT2D eigenvalue weighted by atomic mass is 15.2. The van der Waals surface area contributed by atoms with Gasteiger partial charge in [0, 0.05) is 16.5 Å². The summed E-state index contributed by atoms with van der Waals surface area (Å²) in [5.74, 6) is -1.93. The van der Waals surface area contributed by atoms with Crippen LogP contribution in [0.5, 0.6) is 0 Å². The molecular weight excluding hydrogens is 158 g/mol. The van der Waals surface area contributed by atoms with Crippen LogP contribution in [-0.2, 0) is 0 Å².